The molecular weight excluding hydrogens is 607 g/mol. The summed E-state index contributed by atoms with van der Waals surface area (Å²) in [6.45, 7) is 8.18. The third kappa shape index (κ3) is 6.35. The second-order valence-electron chi connectivity index (χ2n) is 11.9. The maximum Gasteiger partial charge on any atom is 0.394 e. The molecule has 1 amide bonds. The molecule has 43 heavy (non-hydrogen) atoms. The molecular formula is C27H36F3N7O4S2. The lowest BCUT2D eigenvalue weighted by Gasteiger charge is -2.34. The maximum atomic E-state index is 13.4. The van der Waals surface area contributed by atoms with Crippen molar-refractivity contribution >= 4 is 35.2 Å². The van der Waals surface area contributed by atoms with E-state index in [1.165, 1.54) is 33.8 Å². The van der Waals surface area contributed by atoms with E-state index >= 15 is 0 Å². The number of pyridine rings is 1. The molecule has 1 saturated heterocycles. The fourth-order valence-corrected chi connectivity index (χ4v) is 6.74. The van der Waals surface area contributed by atoms with Crippen LogP contribution in [0.4, 0.5) is 19.0 Å². The largest absolute Gasteiger partial charge is 0.477 e. The molecule has 0 unspecified atom stereocenters. The highest BCUT2D eigenvalue weighted by molar-refractivity contribution is 7.90. The molecule has 1 atom stereocenters. The van der Waals surface area contributed by atoms with E-state index in [1.54, 1.807) is 20.2 Å². The maximum absolute atomic E-state index is 13.4. The highest BCUT2D eigenvalue weighted by Gasteiger charge is 2.62. The number of hydrogen-bond donors (Lipinski definition) is 1. The molecule has 2 fully saturated rings. The van der Waals surface area contributed by atoms with Crippen LogP contribution in [0.3, 0.4) is 0 Å². The van der Waals surface area contributed by atoms with Crippen LogP contribution in [0, 0.1) is 18.3 Å². The average molecular weight is 644 g/mol. The number of alkyl halides is 3. The minimum Gasteiger partial charge on any atom is -0.477 e. The van der Waals surface area contributed by atoms with Crippen molar-refractivity contribution in [2.45, 2.75) is 70.0 Å². The summed E-state index contributed by atoms with van der Waals surface area (Å²) in [7, 11) is -2.61. The average Bonchev–Trinajstić information content (AvgIpc) is 3.27. The Balaban J connectivity index is 0.00000423. The topological polar surface area (TPSA) is 124 Å². The van der Waals surface area contributed by atoms with Gasteiger partial charge < -0.3 is 9.64 Å². The van der Waals surface area contributed by atoms with E-state index < -0.39 is 27.5 Å². The molecule has 11 nitrogen and oxygen atoms in total. The van der Waals surface area contributed by atoms with Crippen molar-refractivity contribution in [1.82, 2.24) is 29.3 Å². The summed E-state index contributed by atoms with van der Waals surface area (Å²) in [6, 6.07) is 4.53. The molecule has 3 aromatic rings. The number of aryl methyl sites for hydroxylation is 1. The van der Waals surface area contributed by atoms with Gasteiger partial charge in [0.25, 0.3) is 15.9 Å². The summed E-state index contributed by atoms with van der Waals surface area (Å²) in [5, 5.41) is 8.27. The molecule has 1 aliphatic heterocycles. The second-order valence-corrected chi connectivity index (χ2v) is 13.6. The molecule has 0 bridgehead atoms. The van der Waals surface area contributed by atoms with Crippen LogP contribution in [0.2, 0.25) is 0 Å². The first kappa shape index (κ1) is 32.6. The van der Waals surface area contributed by atoms with Crippen LogP contribution in [0.5, 0.6) is 5.88 Å². The number of amides is 1. The van der Waals surface area contributed by atoms with Gasteiger partial charge in [-0.1, -0.05) is 6.92 Å². The number of rotatable bonds is 9. The number of aromatic nitrogens is 5. The van der Waals surface area contributed by atoms with Crippen LogP contribution in [0.1, 0.15) is 62.5 Å². The molecule has 1 saturated carbocycles. The standard InChI is InChI=1S/C27H34F3N7O4S.H2S/c1-17-14-25(3,4)36(16-17)23-19(24(38)34-42(39,40)20-15-31-35(5)18(20)2)6-7-21(32-23)37-12-8-22(33-37)41-13-11-26(9-10-26)27(28,29)30;/h6-8,12,15,17H,9-11,13-14,16H2,1-5H3,(H,34,38);1H2/t17-;/m0./s1. The van der Waals surface area contributed by atoms with E-state index in [9.17, 15) is 26.4 Å². The molecule has 0 spiro atoms. The van der Waals surface area contributed by atoms with Crippen LogP contribution >= 0.6 is 13.5 Å². The summed E-state index contributed by atoms with van der Waals surface area (Å²) in [5.74, 6) is 0.208. The number of nitrogens with one attached hydrogen (secondary N) is 1. The van der Waals surface area contributed by atoms with Gasteiger partial charge in [-0.05, 0) is 64.5 Å². The number of carbonyl (C=O) groups is 1. The first-order chi connectivity index (χ1) is 19.5. The number of halogens is 3. The molecule has 1 aliphatic carbocycles. The Hall–Kier alpha value is -3.27. The van der Waals surface area contributed by atoms with Crippen LogP contribution < -0.4 is 14.4 Å². The van der Waals surface area contributed by atoms with E-state index in [-0.39, 0.29) is 67.1 Å². The quantitative estimate of drug-likeness (QED) is 0.367. The minimum atomic E-state index is -4.25. The van der Waals surface area contributed by atoms with Gasteiger partial charge in [0.1, 0.15) is 10.7 Å². The van der Waals surface area contributed by atoms with Crippen molar-refractivity contribution in [3.63, 3.8) is 0 Å². The summed E-state index contributed by atoms with van der Waals surface area (Å²) < 4.78 is 76.2. The molecule has 16 heteroatoms. The molecule has 0 radical (unpaired) electrons. The van der Waals surface area contributed by atoms with E-state index in [0.29, 0.717) is 24.0 Å². The van der Waals surface area contributed by atoms with E-state index in [2.05, 4.69) is 21.8 Å². The molecule has 1 N–H and O–H groups in total. The van der Waals surface area contributed by atoms with Gasteiger partial charge in [0.15, 0.2) is 5.82 Å². The minimum absolute atomic E-state index is 0. The Kier molecular flexibility index (Phi) is 8.61. The van der Waals surface area contributed by atoms with Gasteiger partial charge in [-0.15, -0.1) is 5.10 Å². The summed E-state index contributed by atoms with van der Waals surface area (Å²) in [5.41, 5.74) is -1.60. The number of sulfonamides is 1. The first-order valence-electron chi connectivity index (χ1n) is 13.6. The Bertz CT molecular complexity index is 1610. The molecule has 0 aromatic carbocycles. The number of hydrogen-bond acceptors (Lipinski definition) is 8. The van der Waals surface area contributed by atoms with Crippen molar-refractivity contribution in [3.8, 4) is 11.7 Å². The molecule has 2 aliphatic rings. The molecule has 3 aromatic heterocycles. The predicted octanol–water partition coefficient (Wildman–Crippen LogP) is 4.28. The Labute approximate surface area is 255 Å². The van der Waals surface area contributed by atoms with Gasteiger partial charge in [-0.25, -0.2) is 22.8 Å². The summed E-state index contributed by atoms with van der Waals surface area (Å²) in [4.78, 5) is 20.0. The Morgan fingerprint density at radius 3 is 2.47 bits per heavy atom. The molecule has 236 valence electrons. The number of anilines is 1. The lowest BCUT2D eigenvalue weighted by atomic mass is 9.97. The van der Waals surface area contributed by atoms with Crippen molar-refractivity contribution in [2.75, 3.05) is 18.1 Å². The lowest BCUT2D eigenvalue weighted by Crippen LogP contribution is -2.41. The van der Waals surface area contributed by atoms with Crippen LogP contribution in [-0.4, -0.2) is 63.7 Å². The van der Waals surface area contributed by atoms with Gasteiger partial charge in [-0.2, -0.15) is 31.8 Å². The first-order valence-corrected chi connectivity index (χ1v) is 15.1. The van der Waals surface area contributed by atoms with E-state index in [4.69, 9.17) is 9.72 Å². The van der Waals surface area contributed by atoms with Gasteiger partial charge in [0.05, 0.1) is 29.5 Å². The van der Waals surface area contributed by atoms with Crippen LogP contribution in [0.15, 0.2) is 35.5 Å². The smallest absolute Gasteiger partial charge is 0.394 e. The van der Waals surface area contributed by atoms with E-state index in [0.717, 1.165) is 6.42 Å². The van der Waals surface area contributed by atoms with Crippen LogP contribution in [0.25, 0.3) is 5.82 Å². The highest BCUT2D eigenvalue weighted by atomic mass is 32.2. The molecule has 4 heterocycles. The third-order valence-corrected chi connectivity index (χ3v) is 9.66. The van der Waals surface area contributed by atoms with E-state index in [1.807, 2.05) is 18.7 Å². The fourth-order valence-electron chi connectivity index (χ4n) is 5.57. The zero-order valence-corrected chi connectivity index (χ0v) is 26.4. The van der Waals surface area contributed by atoms with Crippen molar-refractivity contribution < 1.29 is 31.1 Å². The fraction of sp³-hybridized carbons (Fsp3) is 0.556. The van der Waals surface area contributed by atoms with Gasteiger partial charge >= 0.3 is 6.18 Å². The third-order valence-electron chi connectivity index (χ3n) is 8.23. The number of nitrogens with zero attached hydrogens (tertiary/aromatic N) is 6. The van der Waals surface area contributed by atoms with Gasteiger partial charge in [0.2, 0.25) is 5.88 Å². The zero-order valence-electron chi connectivity index (χ0n) is 24.6. The van der Waals surface area contributed by atoms with Crippen molar-refractivity contribution in [1.29, 1.82) is 0 Å². The predicted molar refractivity (Wildman–Crippen MR) is 157 cm³/mol. The van der Waals surface area contributed by atoms with Gasteiger partial charge in [0, 0.05) is 31.4 Å². The lowest BCUT2D eigenvalue weighted by molar-refractivity contribution is -0.190. The van der Waals surface area contributed by atoms with Crippen molar-refractivity contribution in [2.24, 2.45) is 18.4 Å². The van der Waals surface area contributed by atoms with Crippen molar-refractivity contribution in [3.05, 3.63) is 41.9 Å². The number of carbonyl (C=O) groups excluding carboxylic acids is 1. The Morgan fingerprint density at radius 2 is 1.91 bits per heavy atom. The zero-order chi connectivity index (χ0) is 30.7. The van der Waals surface area contributed by atoms with Crippen LogP contribution in [-0.2, 0) is 17.1 Å². The SMILES string of the molecule is Cc1c(S(=O)(=O)NC(=O)c2ccc(-n3ccc(OCCC4(C(F)(F)F)CC4)n3)nc2N2C[C@@H](C)CC2(C)C)cnn1C.S. The molecule has 5 rings (SSSR count). The summed E-state index contributed by atoms with van der Waals surface area (Å²) in [6.07, 6.45) is -0.605. The normalized spacial score (nSPS) is 19.2. The van der Waals surface area contributed by atoms with Gasteiger partial charge in [-0.3, -0.25) is 9.48 Å². The second kappa shape index (κ2) is 11.3. The number of ether oxygens (including phenoxy) is 1. The summed E-state index contributed by atoms with van der Waals surface area (Å²) >= 11 is 0. The Morgan fingerprint density at radius 1 is 1.21 bits per heavy atom. The highest BCUT2D eigenvalue weighted by Crippen LogP contribution is 2.59. The monoisotopic (exact) mass is 643 g/mol.